The van der Waals surface area contributed by atoms with Crippen molar-refractivity contribution in [2.24, 2.45) is 5.73 Å². The lowest BCUT2D eigenvalue weighted by Gasteiger charge is -2.24. The third kappa shape index (κ3) is 3.06. The average Bonchev–Trinajstić information content (AvgIpc) is 2.66. The summed E-state index contributed by atoms with van der Waals surface area (Å²) in [6, 6.07) is 11.5. The zero-order chi connectivity index (χ0) is 11.4. The zero-order valence-electron chi connectivity index (χ0n) is 10.1. The third-order valence-electron chi connectivity index (χ3n) is 3.50. The maximum atomic E-state index is 6.21. The van der Waals surface area contributed by atoms with Crippen molar-refractivity contribution in [1.29, 1.82) is 0 Å². The fourth-order valence-electron chi connectivity index (χ4n) is 2.55. The molecule has 2 rings (SSSR count). The highest BCUT2D eigenvalue weighted by Gasteiger charge is 2.21. The van der Waals surface area contributed by atoms with Crippen LogP contribution >= 0.6 is 0 Å². The van der Waals surface area contributed by atoms with E-state index in [1.807, 2.05) is 0 Å². The molecule has 0 aliphatic carbocycles. The van der Waals surface area contributed by atoms with E-state index in [2.05, 4.69) is 42.2 Å². The minimum atomic E-state index is 0.267. The largest absolute Gasteiger partial charge is 0.326 e. The molecule has 88 valence electrons. The molecular weight excluding hydrogens is 196 g/mol. The molecule has 1 heterocycles. The van der Waals surface area contributed by atoms with Gasteiger partial charge >= 0.3 is 0 Å². The minimum Gasteiger partial charge on any atom is -0.326 e. The van der Waals surface area contributed by atoms with Crippen molar-refractivity contribution in [3.8, 4) is 0 Å². The second-order valence-corrected chi connectivity index (χ2v) is 4.94. The number of nitrogens with zero attached hydrogens (tertiary/aromatic N) is 1. The van der Waals surface area contributed by atoms with Gasteiger partial charge < -0.3 is 5.73 Å². The fourth-order valence-corrected chi connectivity index (χ4v) is 2.55. The molecule has 1 saturated heterocycles. The minimum absolute atomic E-state index is 0.267. The summed E-state index contributed by atoms with van der Waals surface area (Å²) >= 11 is 0. The standard InChI is InChI=1S/C14H22N2/c1-12-6-5-9-16(12)11-14(15)10-13-7-3-2-4-8-13/h2-4,7-8,12,14H,5-6,9-11,15H2,1H3. The van der Waals surface area contributed by atoms with Crippen molar-refractivity contribution < 1.29 is 0 Å². The van der Waals surface area contributed by atoms with E-state index >= 15 is 0 Å². The SMILES string of the molecule is CC1CCCN1CC(N)Cc1ccccc1. The lowest BCUT2D eigenvalue weighted by Crippen LogP contribution is -2.40. The van der Waals surface area contributed by atoms with Crippen LogP contribution < -0.4 is 5.73 Å². The number of rotatable bonds is 4. The first-order chi connectivity index (χ1) is 7.75. The summed E-state index contributed by atoms with van der Waals surface area (Å²) < 4.78 is 0. The first kappa shape index (κ1) is 11.6. The normalized spacial score (nSPS) is 23.5. The summed E-state index contributed by atoms with van der Waals surface area (Å²) in [5.41, 5.74) is 7.56. The van der Waals surface area contributed by atoms with Crippen molar-refractivity contribution >= 4 is 0 Å². The Morgan fingerprint density at radius 2 is 2.12 bits per heavy atom. The molecule has 0 saturated carbocycles. The van der Waals surface area contributed by atoms with Gasteiger partial charge in [0.15, 0.2) is 0 Å². The molecule has 1 aliphatic rings. The van der Waals surface area contributed by atoms with Crippen LogP contribution in [0.15, 0.2) is 30.3 Å². The molecule has 2 atom stereocenters. The van der Waals surface area contributed by atoms with Crippen LogP contribution in [0.5, 0.6) is 0 Å². The molecule has 0 aromatic heterocycles. The Morgan fingerprint density at radius 3 is 2.75 bits per heavy atom. The van der Waals surface area contributed by atoms with E-state index in [1.54, 1.807) is 0 Å². The Balaban J connectivity index is 1.82. The highest BCUT2D eigenvalue weighted by atomic mass is 15.2. The lowest BCUT2D eigenvalue weighted by atomic mass is 10.1. The van der Waals surface area contributed by atoms with E-state index < -0.39 is 0 Å². The van der Waals surface area contributed by atoms with Gasteiger partial charge in [0.25, 0.3) is 0 Å². The van der Waals surface area contributed by atoms with Gasteiger partial charge in [-0.3, -0.25) is 4.90 Å². The van der Waals surface area contributed by atoms with Crippen LogP contribution in [-0.4, -0.2) is 30.1 Å². The average molecular weight is 218 g/mol. The molecule has 0 bridgehead atoms. The topological polar surface area (TPSA) is 29.3 Å². The van der Waals surface area contributed by atoms with Gasteiger partial charge in [0.1, 0.15) is 0 Å². The van der Waals surface area contributed by atoms with Crippen LogP contribution in [0.25, 0.3) is 0 Å². The molecular formula is C14H22N2. The number of hydrogen-bond donors (Lipinski definition) is 1. The molecule has 2 unspecified atom stereocenters. The molecule has 16 heavy (non-hydrogen) atoms. The van der Waals surface area contributed by atoms with Gasteiger partial charge in [0.05, 0.1) is 0 Å². The first-order valence-corrected chi connectivity index (χ1v) is 6.29. The van der Waals surface area contributed by atoms with Crippen LogP contribution in [0.4, 0.5) is 0 Å². The van der Waals surface area contributed by atoms with Gasteiger partial charge in [-0.25, -0.2) is 0 Å². The Hall–Kier alpha value is -0.860. The molecule has 2 N–H and O–H groups in total. The predicted octanol–water partition coefficient (Wildman–Crippen LogP) is 2.04. The maximum absolute atomic E-state index is 6.21. The second-order valence-electron chi connectivity index (χ2n) is 4.94. The van der Waals surface area contributed by atoms with Gasteiger partial charge in [-0.15, -0.1) is 0 Å². The van der Waals surface area contributed by atoms with Crippen molar-refractivity contribution in [3.05, 3.63) is 35.9 Å². The van der Waals surface area contributed by atoms with Gasteiger partial charge in [0.2, 0.25) is 0 Å². The van der Waals surface area contributed by atoms with Gasteiger partial charge in [-0.05, 0) is 38.3 Å². The van der Waals surface area contributed by atoms with Crippen molar-refractivity contribution in [1.82, 2.24) is 4.90 Å². The summed E-state index contributed by atoms with van der Waals surface area (Å²) in [6.07, 6.45) is 3.65. The van der Waals surface area contributed by atoms with Crippen LogP contribution in [0.1, 0.15) is 25.3 Å². The number of likely N-dealkylation sites (tertiary alicyclic amines) is 1. The van der Waals surface area contributed by atoms with Crippen LogP contribution in [0, 0.1) is 0 Å². The van der Waals surface area contributed by atoms with E-state index in [9.17, 15) is 0 Å². The Bertz CT molecular complexity index is 310. The summed E-state index contributed by atoms with van der Waals surface area (Å²) in [6.45, 7) is 4.57. The predicted molar refractivity (Wildman–Crippen MR) is 68.4 cm³/mol. The molecule has 0 spiro atoms. The molecule has 2 heteroatoms. The molecule has 2 nitrogen and oxygen atoms in total. The van der Waals surface area contributed by atoms with Crippen LogP contribution in [0.3, 0.4) is 0 Å². The molecule has 1 fully saturated rings. The van der Waals surface area contributed by atoms with E-state index in [0.717, 1.165) is 19.0 Å². The van der Waals surface area contributed by atoms with E-state index in [0.29, 0.717) is 0 Å². The highest BCUT2D eigenvalue weighted by Crippen LogP contribution is 2.16. The molecule has 1 aromatic rings. The van der Waals surface area contributed by atoms with Crippen molar-refractivity contribution in [3.63, 3.8) is 0 Å². The summed E-state index contributed by atoms with van der Waals surface area (Å²) in [5, 5.41) is 0. The smallest absolute Gasteiger partial charge is 0.0208 e. The summed E-state index contributed by atoms with van der Waals surface area (Å²) in [7, 11) is 0. The van der Waals surface area contributed by atoms with E-state index in [1.165, 1.54) is 24.9 Å². The number of hydrogen-bond acceptors (Lipinski definition) is 2. The Kier molecular flexibility index (Phi) is 3.97. The lowest BCUT2D eigenvalue weighted by molar-refractivity contribution is 0.251. The van der Waals surface area contributed by atoms with Crippen molar-refractivity contribution in [2.45, 2.75) is 38.3 Å². The Morgan fingerprint density at radius 1 is 1.38 bits per heavy atom. The monoisotopic (exact) mass is 218 g/mol. The Labute approximate surface area is 98.4 Å². The maximum Gasteiger partial charge on any atom is 0.0208 e. The number of benzene rings is 1. The summed E-state index contributed by atoms with van der Waals surface area (Å²) in [4.78, 5) is 2.52. The molecule has 0 amide bonds. The van der Waals surface area contributed by atoms with Gasteiger partial charge in [-0.2, -0.15) is 0 Å². The fraction of sp³-hybridized carbons (Fsp3) is 0.571. The van der Waals surface area contributed by atoms with Gasteiger partial charge in [0, 0.05) is 18.6 Å². The second kappa shape index (κ2) is 5.46. The molecule has 1 aliphatic heterocycles. The van der Waals surface area contributed by atoms with Crippen LogP contribution in [0.2, 0.25) is 0 Å². The van der Waals surface area contributed by atoms with E-state index in [4.69, 9.17) is 5.73 Å². The first-order valence-electron chi connectivity index (χ1n) is 6.29. The quantitative estimate of drug-likeness (QED) is 0.838. The van der Waals surface area contributed by atoms with Crippen molar-refractivity contribution in [2.75, 3.05) is 13.1 Å². The number of nitrogens with two attached hydrogens (primary N) is 1. The zero-order valence-corrected chi connectivity index (χ0v) is 10.1. The third-order valence-corrected chi connectivity index (χ3v) is 3.50. The van der Waals surface area contributed by atoms with E-state index in [-0.39, 0.29) is 6.04 Å². The molecule has 1 aromatic carbocycles. The van der Waals surface area contributed by atoms with Crippen LogP contribution in [-0.2, 0) is 6.42 Å². The molecule has 0 radical (unpaired) electrons. The highest BCUT2D eigenvalue weighted by molar-refractivity contribution is 5.15. The van der Waals surface area contributed by atoms with Gasteiger partial charge in [-0.1, -0.05) is 30.3 Å². The summed E-state index contributed by atoms with van der Waals surface area (Å²) in [5.74, 6) is 0.